The fourth-order valence-electron chi connectivity index (χ4n) is 4.88. The minimum Gasteiger partial charge on any atom is -0.351 e. The van der Waals surface area contributed by atoms with Crippen LogP contribution in [0.4, 0.5) is 0 Å². The predicted octanol–water partition coefficient (Wildman–Crippen LogP) is 3.49. The van der Waals surface area contributed by atoms with Gasteiger partial charge < -0.3 is 9.47 Å². The number of hydrogen-bond acceptors (Lipinski definition) is 2. The molecule has 2 aliphatic rings. The zero-order valence-electron chi connectivity index (χ0n) is 16.5. The Morgan fingerprint density at radius 3 is 2.50 bits per heavy atom. The molecule has 2 heterocycles. The molecule has 4 nitrogen and oxygen atoms in total. The molecule has 0 radical (unpaired) electrons. The first-order valence-corrected chi connectivity index (χ1v) is 10.3. The molecule has 0 saturated carbocycles. The Morgan fingerprint density at radius 2 is 1.71 bits per heavy atom. The largest absolute Gasteiger partial charge is 0.351 e. The van der Waals surface area contributed by atoms with E-state index in [0.29, 0.717) is 6.04 Å². The number of rotatable bonds is 2. The van der Waals surface area contributed by atoms with Gasteiger partial charge in [-0.15, -0.1) is 0 Å². The molecule has 0 bridgehead atoms. The number of nitrogens with zero attached hydrogens (tertiary/aromatic N) is 3. The molecule has 28 heavy (non-hydrogen) atoms. The number of carbonyl (C=O) groups excluding carboxylic acids is 1. The molecule has 1 aromatic heterocycles. The van der Waals surface area contributed by atoms with E-state index in [9.17, 15) is 4.79 Å². The maximum absolute atomic E-state index is 13.1. The van der Waals surface area contributed by atoms with Crippen LogP contribution in [-0.2, 0) is 19.9 Å². The summed E-state index contributed by atoms with van der Waals surface area (Å²) >= 11 is 0. The molecule has 1 fully saturated rings. The van der Waals surface area contributed by atoms with Crippen LogP contribution in [0.2, 0.25) is 0 Å². The van der Waals surface area contributed by atoms with E-state index in [1.807, 2.05) is 30.3 Å². The van der Waals surface area contributed by atoms with Crippen LogP contribution in [0.5, 0.6) is 0 Å². The number of hydrogen-bond donors (Lipinski definition) is 0. The van der Waals surface area contributed by atoms with E-state index in [-0.39, 0.29) is 5.91 Å². The van der Waals surface area contributed by atoms with E-state index in [4.69, 9.17) is 0 Å². The maximum Gasteiger partial charge on any atom is 0.253 e. The normalized spacial score (nSPS) is 18.4. The molecule has 0 atom stereocenters. The van der Waals surface area contributed by atoms with Gasteiger partial charge in [-0.2, -0.15) is 0 Å². The fourth-order valence-corrected chi connectivity index (χ4v) is 4.88. The highest BCUT2D eigenvalue weighted by atomic mass is 16.2. The van der Waals surface area contributed by atoms with Crippen molar-refractivity contribution in [2.75, 3.05) is 26.2 Å². The van der Waals surface area contributed by atoms with Crippen molar-refractivity contribution in [2.24, 2.45) is 7.05 Å². The van der Waals surface area contributed by atoms with Crippen molar-refractivity contribution in [1.29, 1.82) is 0 Å². The Labute approximate surface area is 166 Å². The molecule has 3 aromatic rings. The summed E-state index contributed by atoms with van der Waals surface area (Å²) in [7, 11) is 2.03. The Bertz CT molecular complexity index is 997. The number of carbonyl (C=O) groups is 1. The molecule has 2 aromatic carbocycles. The van der Waals surface area contributed by atoms with Crippen molar-refractivity contribution >= 4 is 16.8 Å². The second kappa shape index (κ2) is 7.10. The van der Waals surface area contributed by atoms with E-state index >= 15 is 0 Å². The molecule has 1 aliphatic carbocycles. The van der Waals surface area contributed by atoms with Gasteiger partial charge in [0.2, 0.25) is 0 Å². The van der Waals surface area contributed by atoms with Gasteiger partial charge in [-0.1, -0.05) is 30.3 Å². The second-order valence-corrected chi connectivity index (χ2v) is 8.21. The average Bonchev–Trinajstić information content (AvgIpc) is 3.22. The Hall–Kier alpha value is -2.59. The highest BCUT2D eigenvalue weighted by Crippen LogP contribution is 2.26. The number of amides is 1. The molecule has 1 amide bonds. The van der Waals surface area contributed by atoms with Crippen LogP contribution in [0.3, 0.4) is 0 Å². The summed E-state index contributed by atoms with van der Waals surface area (Å²) in [6, 6.07) is 17.6. The smallest absolute Gasteiger partial charge is 0.253 e. The molecule has 0 spiro atoms. The zero-order valence-corrected chi connectivity index (χ0v) is 16.5. The van der Waals surface area contributed by atoms with Crippen LogP contribution in [-0.4, -0.2) is 52.5 Å². The molecule has 1 aliphatic heterocycles. The third-order valence-corrected chi connectivity index (χ3v) is 6.50. The summed E-state index contributed by atoms with van der Waals surface area (Å²) in [6.07, 6.45) is 5.38. The molecule has 5 rings (SSSR count). The van der Waals surface area contributed by atoms with Gasteiger partial charge in [0.15, 0.2) is 0 Å². The van der Waals surface area contributed by atoms with Crippen LogP contribution >= 0.6 is 0 Å². The van der Waals surface area contributed by atoms with Crippen LogP contribution in [0.25, 0.3) is 10.9 Å². The monoisotopic (exact) mass is 373 g/mol. The lowest BCUT2D eigenvalue weighted by molar-refractivity contribution is 0.0758. The van der Waals surface area contributed by atoms with Gasteiger partial charge in [0.25, 0.3) is 5.91 Å². The maximum atomic E-state index is 13.1. The molecule has 0 unspecified atom stereocenters. The summed E-state index contributed by atoms with van der Waals surface area (Å²) in [5.41, 5.74) is 4.92. The molecule has 1 saturated heterocycles. The van der Waals surface area contributed by atoms with E-state index in [1.165, 1.54) is 16.5 Å². The van der Waals surface area contributed by atoms with E-state index < -0.39 is 0 Å². The van der Waals surface area contributed by atoms with Crippen molar-refractivity contribution in [2.45, 2.75) is 25.3 Å². The van der Waals surface area contributed by atoms with Crippen LogP contribution in [0.1, 0.15) is 27.9 Å². The van der Waals surface area contributed by atoms with Gasteiger partial charge in [0.1, 0.15) is 0 Å². The van der Waals surface area contributed by atoms with Gasteiger partial charge >= 0.3 is 0 Å². The molecular weight excluding hydrogens is 346 g/mol. The Morgan fingerprint density at radius 1 is 0.929 bits per heavy atom. The van der Waals surface area contributed by atoms with Crippen LogP contribution in [0, 0.1) is 0 Å². The van der Waals surface area contributed by atoms with Gasteiger partial charge in [0, 0.05) is 56.5 Å². The predicted molar refractivity (Wildman–Crippen MR) is 113 cm³/mol. The number of benzene rings is 2. The third-order valence-electron chi connectivity index (χ3n) is 6.50. The van der Waals surface area contributed by atoms with Crippen molar-refractivity contribution < 1.29 is 4.79 Å². The molecule has 144 valence electrons. The third kappa shape index (κ3) is 3.12. The summed E-state index contributed by atoms with van der Waals surface area (Å²) < 4.78 is 2.08. The standard InChI is InChI=1S/C24H27N3O/c1-25-12-9-18-7-8-21(17-23(18)25)24(28)27-11-4-10-26(13-14-27)22-15-19-5-2-3-6-20(19)16-22/h2-3,5-9,12,17,22H,4,10-11,13-16H2,1H3. The van der Waals surface area contributed by atoms with E-state index in [0.717, 1.165) is 56.5 Å². The fraction of sp³-hybridized carbons (Fsp3) is 0.375. The van der Waals surface area contributed by atoms with Crippen molar-refractivity contribution in [1.82, 2.24) is 14.4 Å². The average molecular weight is 374 g/mol. The van der Waals surface area contributed by atoms with Crippen LogP contribution in [0.15, 0.2) is 54.7 Å². The number of aromatic nitrogens is 1. The van der Waals surface area contributed by atoms with E-state index in [1.54, 1.807) is 0 Å². The lowest BCUT2D eigenvalue weighted by Gasteiger charge is -2.27. The Balaban J connectivity index is 1.28. The summed E-state index contributed by atoms with van der Waals surface area (Å²) in [4.78, 5) is 17.8. The van der Waals surface area contributed by atoms with Crippen LogP contribution < -0.4 is 0 Å². The zero-order chi connectivity index (χ0) is 19.1. The van der Waals surface area contributed by atoms with Crippen molar-refractivity contribution in [3.63, 3.8) is 0 Å². The summed E-state index contributed by atoms with van der Waals surface area (Å²) in [5, 5.41) is 1.18. The lowest BCUT2D eigenvalue weighted by Crippen LogP contribution is -2.40. The number of aryl methyl sites for hydroxylation is 1. The molecule has 0 N–H and O–H groups in total. The summed E-state index contributed by atoms with van der Waals surface area (Å²) in [5.74, 6) is 0.166. The van der Waals surface area contributed by atoms with Crippen molar-refractivity contribution in [3.05, 3.63) is 71.4 Å². The highest BCUT2D eigenvalue weighted by Gasteiger charge is 2.29. The van der Waals surface area contributed by atoms with Gasteiger partial charge in [-0.05, 0) is 54.0 Å². The SMILES string of the molecule is Cn1ccc2ccc(C(=O)N3CCCN(C4Cc5ccccc5C4)CC3)cc21. The highest BCUT2D eigenvalue weighted by molar-refractivity contribution is 5.98. The Kier molecular flexibility index (Phi) is 4.44. The van der Waals surface area contributed by atoms with Gasteiger partial charge in [-0.25, -0.2) is 0 Å². The summed E-state index contributed by atoms with van der Waals surface area (Å²) in [6.45, 7) is 3.72. The lowest BCUT2D eigenvalue weighted by atomic mass is 10.1. The topological polar surface area (TPSA) is 28.5 Å². The quantitative estimate of drug-likeness (QED) is 0.688. The second-order valence-electron chi connectivity index (χ2n) is 8.21. The molecular formula is C24H27N3O. The first-order valence-electron chi connectivity index (χ1n) is 10.3. The first-order chi connectivity index (χ1) is 13.7. The van der Waals surface area contributed by atoms with Gasteiger partial charge in [0.05, 0.1) is 0 Å². The van der Waals surface area contributed by atoms with Gasteiger partial charge in [-0.3, -0.25) is 9.69 Å². The number of fused-ring (bicyclic) bond motifs is 2. The minimum atomic E-state index is 0.166. The first kappa shape index (κ1) is 17.5. The molecule has 4 heteroatoms. The van der Waals surface area contributed by atoms with E-state index in [2.05, 4.69) is 45.9 Å². The van der Waals surface area contributed by atoms with Crippen molar-refractivity contribution in [3.8, 4) is 0 Å². The minimum absolute atomic E-state index is 0.166.